The molecule has 4 heteroatoms. The van der Waals surface area contributed by atoms with Crippen LogP contribution in [-0.2, 0) is 0 Å². The zero-order valence-electron chi connectivity index (χ0n) is 4.99. The SMILES string of the molecule is FC(F)C(F)C1CC1.N. The Balaban J connectivity index is 0.000000640. The molecule has 1 atom stereocenters. The summed E-state index contributed by atoms with van der Waals surface area (Å²) in [5, 5.41) is 0. The van der Waals surface area contributed by atoms with Crippen molar-refractivity contribution in [3.8, 4) is 0 Å². The fraction of sp³-hybridized carbons (Fsp3) is 1.00. The summed E-state index contributed by atoms with van der Waals surface area (Å²) >= 11 is 0. The van der Waals surface area contributed by atoms with Gasteiger partial charge >= 0.3 is 0 Å². The van der Waals surface area contributed by atoms with E-state index in [0.717, 1.165) is 0 Å². The zero-order chi connectivity index (χ0) is 6.15. The second-order valence-corrected chi connectivity index (χ2v) is 2.12. The van der Waals surface area contributed by atoms with Gasteiger partial charge in [-0.3, -0.25) is 0 Å². The molecule has 0 amide bonds. The van der Waals surface area contributed by atoms with Crippen molar-refractivity contribution in [1.29, 1.82) is 0 Å². The Morgan fingerprint density at radius 3 is 1.67 bits per heavy atom. The first-order valence-electron chi connectivity index (χ1n) is 2.64. The average Bonchev–Trinajstić information content (AvgIpc) is 2.43. The molecule has 0 saturated heterocycles. The second-order valence-electron chi connectivity index (χ2n) is 2.12. The molecule has 1 nitrogen and oxygen atoms in total. The molecule has 1 fully saturated rings. The Labute approximate surface area is 51.8 Å². The van der Waals surface area contributed by atoms with E-state index in [0.29, 0.717) is 12.8 Å². The summed E-state index contributed by atoms with van der Waals surface area (Å²) < 4.78 is 34.6. The highest BCUT2D eigenvalue weighted by molar-refractivity contribution is 4.82. The van der Waals surface area contributed by atoms with Gasteiger partial charge in [0.2, 0.25) is 0 Å². The third kappa shape index (κ3) is 2.22. The molecule has 0 bridgehead atoms. The zero-order valence-corrected chi connectivity index (χ0v) is 4.99. The van der Waals surface area contributed by atoms with E-state index in [-0.39, 0.29) is 12.1 Å². The molecule has 1 rings (SSSR count). The Hall–Kier alpha value is -0.250. The summed E-state index contributed by atoms with van der Waals surface area (Å²) in [6.07, 6.45) is -3.32. The molecule has 0 aromatic rings. The maximum Gasteiger partial charge on any atom is 0.269 e. The lowest BCUT2D eigenvalue weighted by atomic mass is 10.3. The van der Waals surface area contributed by atoms with E-state index < -0.39 is 12.6 Å². The predicted octanol–water partition coefficient (Wildman–Crippen LogP) is 2.16. The van der Waals surface area contributed by atoms with Crippen molar-refractivity contribution >= 4 is 0 Å². The Morgan fingerprint density at radius 1 is 1.11 bits per heavy atom. The van der Waals surface area contributed by atoms with Gasteiger partial charge in [-0.2, -0.15) is 0 Å². The van der Waals surface area contributed by atoms with Crippen LogP contribution in [-0.4, -0.2) is 12.6 Å². The number of rotatable bonds is 2. The van der Waals surface area contributed by atoms with E-state index in [1.54, 1.807) is 0 Å². The lowest BCUT2D eigenvalue weighted by Crippen LogP contribution is -2.13. The van der Waals surface area contributed by atoms with Crippen LogP contribution in [0.1, 0.15) is 12.8 Å². The van der Waals surface area contributed by atoms with E-state index in [1.807, 2.05) is 0 Å². The van der Waals surface area contributed by atoms with Crippen LogP contribution in [0, 0.1) is 5.92 Å². The van der Waals surface area contributed by atoms with Crippen LogP contribution >= 0.6 is 0 Å². The minimum Gasteiger partial charge on any atom is -0.344 e. The number of alkyl halides is 3. The summed E-state index contributed by atoms with van der Waals surface area (Å²) in [6.45, 7) is 0. The van der Waals surface area contributed by atoms with Gasteiger partial charge in [0, 0.05) is 0 Å². The highest BCUT2D eigenvalue weighted by Crippen LogP contribution is 2.36. The summed E-state index contributed by atoms with van der Waals surface area (Å²) in [5.41, 5.74) is 0. The van der Waals surface area contributed by atoms with Crippen LogP contribution in [0.4, 0.5) is 13.2 Å². The minimum atomic E-state index is -2.76. The molecule has 1 aliphatic carbocycles. The van der Waals surface area contributed by atoms with Gasteiger partial charge < -0.3 is 6.15 Å². The first kappa shape index (κ1) is 8.75. The monoisotopic (exact) mass is 141 g/mol. The smallest absolute Gasteiger partial charge is 0.269 e. The highest BCUT2D eigenvalue weighted by Gasteiger charge is 2.37. The number of hydrogen-bond acceptors (Lipinski definition) is 1. The molecule has 0 spiro atoms. The third-order valence-corrected chi connectivity index (χ3v) is 1.31. The standard InChI is InChI=1S/C5H7F3.H3N/c6-4(5(7)8)3-1-2-3;/h3-5H,1-2H2;1H3. The van der Waals surface area contributed by atoms with Gasteiger partial charge in [-0.1, -0.05) is 0 Å². The molecule has 0 aliphatic heterocycles. The minimum absolute atomic E-state index is 0. The molecule has 0 heterocycles. The summed E-state index contributed by atoms with van der Waals surface area (Å²) in [4.78, 5) is 0. The van der Waals surface area contributed by atoms with E-state index >= 15 is 0 Å². The van der Waals surface area contributed by atoms with Crippen molar-refractivity contribution in [3.05, 3.63) is 0 Å². The quantitative estimate of drug-likeness (QED) is 0.628. The van der Waals surface area contributed by atoms with Crippen LogP contribution < -0.4 is 6.15 Å². The van der Waals surface area contributed by atoms with Gasteiger partial charge in [0.05, 0.1) is 0 Å². The Morgan fingerprint density at radius 2 is 1.56 bits per heavy atom. The lowest BCUT2D eigenvalue weighted by molar-refractivity contribution is 0.0380. The predicted molar refractivity (Wildman–Crippen MR) is 28.6 cm³/mol. The lowest BCUT2D eigenvalue weighted by Gasteiger charge is -2.01. The molecule has 56 valence electrons. The molecule has 3 N–H and O–H groups in total. The topological polar surface area (TPSA) is 35.0 Å². The van der Waals surface area contributed by atoms with E-state index in [2.05, 4.69) is 0 Å². The Kier molecular flexibility index (Phi) is 2.97. The summed E-state index contributed by atoms with van der Waals surface area (Å²) in [6, 6.07) is 0. The van der Waals surface area contributed by atoms with E-state index in [4.69, 9.17) is 0 Å². The second kappa shape index (κ2) is 3.06. The first-order valence-corrected chi connectivity index (χ1v) is 2.64. The number of halogens is 3. The molecule has 9 heavy (non-hydrogen) atoms. The molecule has 0 aromatic heterocycles. The highest BCUT2D eigenvalue weighted by atomic mass is 19.3. The van der Waals surface area contributed by atoms with Gasteiger partial charge in [0.15, 0.2) is 6.17 Å². The van der Waals surface area contributed by atoms with Gasteiger partial charge in [0.1, 0.15) is 0 Å². The van der Waals surface area contributed by atoms with Crippen molar-refractivity contribution in [2.24, 2.45) is 5.92 Å². The van der Waals surface area contributed by atoms with Crippen molar-refractivity contribution in [3.63, 3.8) is 0 Å². The largest absolute Gasteiger partial charge is 0.344 e. The fourth-order valence-electron chi connectivity index (χ4n) is 0.620. The van der Waals surface area contributed by atoms with Crippen LogP contribution in [0.3, 0.4) is 0 Å². The van der Waals surface area contributed by atoms with Gasteiger partial charge in [-0.05, 0) is 18.8 Å². The van der Waals surface area contributed by atoms with Gasteiger partial charge in [0.25, 0.3) is 6.43 Å². The van der Waals surface area contributed by atoms with E-state index in [1.165, 1.54) is 0 Å². The molecule has 1 saturated carbocycles. The maximum atomic E-state index is 12.0. The number of hydrogen-bond donors (Lipinski definition) is 1. The molecular formula is C5H10F3N. The fourth-order valence-corrected chi connectivity index (χ4v) is 0.620. The maximum absolute atomic E-state index is 12.0. The van der Waals surface area contributed by atoms with Gasteiger partial charge in [-0.15, -0.1) is 0 Å². The van der Waals surface area contributed by atoms with Crippen molar-refractivity contribution in [2.75, 3.05) is 0 Å². The summed E-state index contributed by atoms with van der Waals surface area (Å²) in [7, 11) is 0. The molecule has 0 radical (unpaired) electrons. The van der Waals surface area contributed by atoms with Crippen LogP contribution in [0.15, 0.2) is 0 Å². The van der Waals surface area contributed by atoms with Crippen LogP contribution in [0.25, 0.3) is 0 Å². The molecule has 1 unspecified atom stereocenters. The summed E-state index contributed by atoms with van der Waals surface area (Å²) in [5.74, 6) is -0.324. The van der Waals surface area contributed by atoms with Crippen LogP contribution in [0.5, 0.6) is 0 Å². The molecule has 0 aromatic carbocycles. The first-order chi connectivity index (χ1) is 3.72. The van der Waals surface area contributed by atoms with E-state index in [9.17, 15) is 13.2 Å². The van der Waals surface area contributed by atoms with Gasteiger partial charge in [-0.25, -0.2) is 13.2 Å². The molecule has 1 aliphatic rings. The van der Waals surface area contributed by atoms with Crippen molar-refractivity contribution < 1.29 is 13.2 Å². The Bertz CT molecular complexity index is 80.3. The third-order valence-electron chi connectivity index (χ3n) is 1.31. The average molecular weight is 141 g/mol. The van der Waals surface area contributed by atoms with Crippen LogP contribution in [0.2, 0.25) is 0 Å². The van der Waals surface area contributed by atoms with Crippen molar-refractivity contribution in [2.45, 2.75) is 25.4 Å². The molecular weight excluding hydrogens is 131 g/mol. The van der Waals surface area contributed by atoms with Crippen molar-refractivity contribution in [1.82, 2.24) is 6.15 Å². The normalized spacial score (nSPS) is 21.3.